The fraction of sp³-hybridized carbons (Fsp3) is 0.412. The molecule has 0 saturated heterocycles. The van der Waals surface area contributed by atoms with Crippen LogP contribution in [0, 0.1) is 6.92 Å². The molecule has 0 spiro atoms. The molecule has 0 aromatic heterocycles. The predicted molar refractivity (Wildman–Crippen MR) is 165 cm³/mol. The van der Waals surface area contributed by atoms with Gasteiger partial charge in [-0.25, -0.2) is 0 Å². The van der Waals surface area contributed by atoms with E-state index in [9.17, 15) is 0 Å². The minimum Gasteiger partial charge on any atom is -0.378 e. The molecule has 37 heavy (non-hydrogen) atoms. The third-order valence-electron chi connectivity index (χ3n) is 6.97. The highest BCUT2D eigenvalue weighted by atomic mass is 15.3. The van der Waals surface area contributed by atoms with Gasteiger partial charge in [-0.05, 0) is 74.4 Å². The van der Waals surface area contributed by atoms with E-state index in [4.69, 9.17) is 0 Å². The lowest BCUT2D eigenvalue weighted by Crippen LogP contribution is -2.44. The Hall–Kier alpha value is -3.04. The summed E-state index contributed by atoms with van der Waals surface area (Å²) in [5, 5.41) is 3.79. The molecule has 1 N–H and O–H groups in total. The van der Waals surface area contributed by atoms with Crippen molar-refractivity contribution in [3.05, 3.63) is 114 Å². The van der Waals surface area contributed by atoms with E-state index in [0.717, 1.165) is 44.3 Å². The summed E-state index contributed by atoms with van der Waals surface area (Å²) < 4.78 is 0. The van der Waals surface area contributed by atoms with Crippen LogP contribution < -0.4 is 5.32 Å². The molecule has 1 unspecified atom stereocenters. The molecule has 1 atom stereocenters. The molecule has 202 valence electrons. The van der Waals surface area contributed by atoms with Crippen molar-refractivity contribution in [2.24, 2.45) is 0 Å². The molecular formula is C34H51N3. The summed E-state index contributed by atoms with van der Waals surface area (Å²) in [5.74, 6) is 0. The molecule has 0 radical (unpaired) electrons. The van der Waals surface area contributed by atoms with Gasteiger partial charge in [-0.2, -0.15) is 0 Å². The first-order valence-electron chi connectivity index (χ1n) is 13.7. The number of hydrogen-bond acceptors (Lipinski definition) is 3. The Kier molecular flexibility index (Phi) is 15.1. The van der Waals surface area contributed by atoms with Crippen molar-refractivity contribution >= 4 is 5.57 Å². The summed E-state index contributed by atoms with van der Waals surface area (Å²) in [7, 11) is 4.31. The van der Waals surface area contributed by atoms with Gasteiger partial charge in [0, 0.05) is 38.5 Å². The maximum atomic E-state index is 4.43. The third-order valence-corrected chi connectivity index (χ3v) is 6.97. The lowest BCUT2D eigenvalue weighted by atomic mass is 9.98. The Labute approximate surface area is 228 Å². The van der Waals surface area contributed by atoms with Gasteiger partial charge in [0.2, 0.25) is 0 Å². The zero-order chi connectivity index (χ0) is 27.8. The average molecular weight is 502 g/mol. The van der Waals surface area contributed by atoms with Gasteiger partial charge in [0.15, 0.2) is 0 Å². The largest absolute Gasteiger partial charge is 0.378 e. The number of hydrogen-bond donors (Lipinski definition) is 1. The molecule has 3 heteroatoms. The van der Waals surface area contributed by atoms with Crippen LogP contribution in [0.3, 0.4) is 0 Å². The SMILES string of the molecule is C=C/C(C)=C(/C)N(C)C(CC(=C)c1ccccc1C)NCCCN(C)C(=C)CCc1ccccc1.CC. The number of nitrogens with zero attached hydrogens (tertiary/aromatic N) is 2. The Morgan fingerprint density at radius 3 is 2.22 bits per heavy atom. The van der Waals surface area contributed by atoms with Crippen LogP contribution in [0.5, 0.6) is 0 Å². The molecule has 0 aliphatic carbocycles. The van der Waals surface area contributed by atoms with Crippen molar-refractivity contribution in [2.45, 2.75) is 66.5 Å². The Morgan fingerprint density at radius 2 is 1.59 bits per heavy atom. The monoisotopic (exact) mass is 501 g/mol. The van der Waals surface area contributed by atoms with Crippen LogP contribution in [0.1, 0.15) is 63.6 Å². The van der Waals surface area contributed by atoms with Gasteiger partial charge in [-0.1, -0.05) is 94.3 Å². The summed E-state index contributed by atoms with van der Waals surface area (Å²) in [4.78, 5) is 4.62. The van der Waals surface area contributed by atoms with Gasteiger partial charge >= 0.3 is 0 Å². The van der Waals surface area contributed by atoms with Crippen LogP contribution >= 0.6 is 0 Å². The molecule has 2 aromatic rings. The number of rotatable bonds is 15. The lowest BCUT2D eigenvalue weighted by molar-refractivity contribution is 0.253. The number of allylic oxidation sites excluding steroid dienone is 4. The van der Waals surface area contributed by atoms with Gasteiger partial charge < -0.3 is 9.80 Å². The second-order valence-electron chi connectivity index (χ2n) is 9.50. The summed E-state index contributed by atoms with van der Waals surface area (Å²) in [5.41, 5.74) is 8.63. The van der Waals surface area contributed by atoms with E-state index < -0.39 is 0 Å². The highest BCUT2D eigenvalue weighted by Crippen LogP contribution is 2.24. The Balaban J connectivity index is 0.00000334. The van der Waals surface area contributed by atoms with Crippen LogP contribution in [0.4, 0.5) is 0 Å². The Bertz CT molecular complexity index is 1000. The molecule has 3 nitrogen and oxygen atoms in total. The van der Waals surface area contributed by atoms with E-state index in [1.54, 1.807) is 0 Å². The van der Waals surface area contributed by atoms with Crippen LogP contribution in [-0.4, -0.2) is 43.2 Å². The van der Waals surface area contributed by atoms with Gasteiger partial charge in [0.05, 0.1) is 6.17 Å². The van der Waals surface area contributed by atoms with E-state index >= 15 is 0 Å². The molecule has 0 bridgehead atoms. The van der Waals surface area contributed by atoms with Crippen LogP contribution in [-0.2, 0) is 6.42 Å². The standard InChI is InChI=1S/C32H45N3.C2H6/c1-9-25(2)29(6)35(8)32(24-27(4)31-19-14-13-16-26(31)3)33-22-15-23-34(7)28(5)20-21-30-17-11-10-12-18-30;1-2/h9-14,16-19,32-33H,1,4-5,15,20-24H2,2-3,6-8H3;1-2H3/b29-25-;. The second kappa shape index (κ2) is 17.4. The number of nitrogens with one attached hydrogen (secondary N) is 1. The maximum Gasteiger partial charge on any atom is 0.0830 e. The van der Waals surface area contributed by atoms with Crippen molar-refractivity contribution in [1.29, 1.82) is 0 Å². The van der Waals surface area contributed by atoms with E-state index in [1.807, 2.05) is 19.9 Å². The van der Waals surface area contributed by atoms with Crippen molar-refractivity contribution in [1.82, 2.24) is 15.1 Å². The summed E-state index contributed by atoms with van der Waals surface area (Å²) in [6.07, 6.45) is 6.00. The minimum atomic E-state index is 0.156. The van der Waals surface area contributed by atoms with E-state index in [2.05, 4.69) is 124 Å². The molecule has 0 saturated carbocycles. The summed E-state index contributed by atoms with van der Waals surface area (Å²) in [6.45, 7) is 25.0. The van der Waals surface area contributed by atoms with Gasteiger partial charge in [0.1, 0.15) is 0 Å². The topological polar surface area (TPSA) is 18.5 Å². The number of benzene rings is 2. The molecule has 2 rings (SSSR count). The van der Waals surface area contributed by atoms with Crippen molar-refractivity contribution in [3.8, 4) is 0 Å². The molecule has 0 heterocycles. The fourth-order valence-electron chi connectivity index (χ4n) is 4.19. The van der Waals surface area contributed by atoms with Crippen LogP contribution in [0.2, 0.25) is 0 Å². The fourth-order valence-corrected chi connectivity index (χ4v) is 4.19. The first kappa shape index (κ1) is 32.0. The molecular weight excluding hydrogens is 450 g/mol. The highest BCUT2D eigenvalue weighted by Gasteiger charge is 2.18. The normalized spacial score (nSPS) is 12.0. The van der Waals surface area contributed by atoms with Gasteiger partial charge in [-0.15, -0.1) is 0 Å². The summed E-state index contributed by atoms with van der Waals surface area (Å²) in [6, 6.07) is 19.1. The first-order chi connectivity index (χ1) is 17.7. The maximum absolute atomic E-state index is 4.43. The van der Waals surface area contributed by atoms with E-state index in [-0.39, 0.29) is 6.17 Å². The van der Waals surface area contributed by atoms with Crippen molar-refractivity contribution in [3.63, 3.8) is 0 Å². The quantitative estimate of drug-likeness (QED) is 0.151. The smallest absolute Gasteiger partial charge is 0.0830 e. The van der Waals surface area contributed by atoms with E-state index in [0.29, 0.717) is 0 Å². The number of aryl methyl sites for hydroxylation is 2. The minimum absolute atomic E-state index is 0.156. The third kappa shape index (κ3) is 10.9. The summed E-state index contributed by atoms with van der Waals surface area (Å²) >= 11 is 0. The Morgan fingerprint density at radius 1 is 0.973 bits per heavy atom. The van der Waals surface area contributed by atoms with Crippen molar-refractivity contribution in [2.75, 3.05) is 27.2 Å². The van der Waals surface area contributed by atoms with Crippen LogP contribution in [0.15, 0.2) is 97.4 Å². The predicted octanol–water partition coefficient (Wildman–Crippen LogP) is 8.22. The zero-order valence-corrected chi connectivity index (χ0v) is 24.6. The van der Waals surface area contributed by atoms with Gasteiger partial charge in [0.25, 0.3) is 0 Å². The van der Waals surface area contributed by atoms with Crippen molar-refractivity contribution < 1.29 is 0 Å². The molecule has 0 amide bonds. The molecule has 0 aliphatic rings. The van der Waals surface area contributed by atoms with Gasteiger partial charge in [-0.3, -0.25) is 5.32 Å². The first-order valence-corrected chi connectivity index (χ1v) is 13.7. The average Bonchev–Trinajstić information content (AvgIpc) is 2.93. The molecule has 2 aromatic carbocycles. The zero-order valence-electron chi connectivity index (χ0n) is 24.6. The molecule has 0 fully saturated rings. The lowest BCUT2D eigenvalue weighted by Gasteiger charge is -2.33. The second-order valence-corrected chi connectivity index (χ2v) is 9.50. The van der Waals surface area contributed by atoms with E-state index in [1.165, 1.54) is 33.7 Å². The highest BCUT2D eigenvalue weighted by molar-refractivity contribution is 5.66. The molecule has 0 aliphatic heterocycles. The van der Waals surface area contributed by atoms with Crippen LogP contribution in [0.25, 0.3) is 5.57 Å².